The van der Waals surface area contributed by atoms with Crippen LogP contribution < -0.4 is 11.1 Å². The lowest BCUT2D eigenvalue weighted by atomic mass is 10.1. The third-order valence-electron chi connectivity index (χ3n) is 2.27. The SMILES string of the molecule is CCC(N)CC(=O)Nc1ncc(Br)cc1C. The fourth-order valence-electron chi connectivity index (χ4n) is 1.24. The van der Waals surface area contributed by atoms with E-state index < -0.39 is 0 Å². The van der Waals surface area contributed by atoms with Crippen molar-refractivity contribution in [3.8, 4) is 0 Å². The molecular formula is C11H16BrN3O. The summed E-state index contributed by atoms with van der Waals surface area (Å²) in [5.74, 6) is 0.503. The lowest BCUT2D eigenvalue weighted by Gasteiger charge is -2.10. The molecule has 0 fully saturated rings. The molecule has 1 atom stereocenters. The number of rotatable bonds is 4. The van der Waals surface area contributed by atoms with Crippen LogP contribution in [0, 0.1) is 6.92 Å². The van der Waals surface area contributed by atoms with Crippen LogP contribution in [0.25, 0.3) is 0 Å². The summed E-state index contributed by atoms with van der Waals surface area (Å²) in [6.45, 7) is 3.86. The van der Waals surface area contributed by atoms with Gasteiger partial charge >= 0.3 is 0 Å². The Morgan fingerprint density at radius 2 is 2.38 bits per heavy atom. The molecule has 0 bridgehead atoms. The summed E-state index contributed by atoms with van der Waals surface area (Å²) in [5, 5.41) is 2.75. The second-order valence-corrected chi connectivity index (χ2v) is 4.66. The molecule has 1 amide bonds. The average molecular weight is 286 g/mol. The molecule has 4 nitrogen and oxygen atoms in total. The molecule has 3 N–H and O–H groups in total. The predicted octanol–water partition coefficient (Wildman–Crippen LogP) is 2.22. The van der Waals surface area contributed by atoms with Crippen LogP contribution in [0.5, 0.6) is 0 Å². The van der Waals surface area contributed by atoms with Crippen LogP contribution in [0.15, 0.2) is 16.7 Å². The van der Waals surface area contributed by atoms with Crippen molar-refractivity contribution in [1.29, 1.82) is 0 Å². The highest BCUT2D eigenvalue weighted by Gasteiger charge is 2.09. The van der Waals surface area contributed by atoms with Crippen LogP contribution in [-0.4, -0.2) is 16.9 Å². The maximum Gasteiger partial charge on any atom is 0.227 e. The van der Waals surface area contributed by atoms with Gasteiger partial charge in [-0.25, -0.2) is 4.98 Å². The molecule has 1 heterocycles. The van der Waals surface area contributed by atoms with E-state index in [1.165, 1.54) is 0 Å². The van der Waals surface area contributed by atoms with Crippen molar-refractivity contribution in [3.63, 3.8) is 0 Å². The topological polar surface area (TPSA) is 68.0 Å². The van der Waals surface area contributed by atoms with Gasteiger partial charge in [0.1, 0.15) is 5.82 Å². The van der Waals surface area contributed by atoms with Crippen molar-refractivity contribution in [2.75, 3.05) is 5.32 Å². The van der Waals surface area contributed by atoms with E-state index in [0.717, 1.165) is 16.5 Å². The number of aromatic nitrogens is 1. The smallest absolute Gasteiger partial charge is 0.227 e. The number of hydrogen-bond donors (Lipinski definition) is 2. The first kappa shape index (κ1) is 13.1. The van der Waals surface area contributed by atoms with E-state index >= 15 is 0 Å². The molecule has 0 saturated heterocycles. The maximum atomic E-state index is 11.6. The second-order valence-electron chi connectivity index (χ2n) is 3.74. The minimum atomic E-state index is -0.0905. The Balaban J connectivity index is 2.63. The van der Waals surface area contributed by atoms with E-state index in [2.05, 4.69) is 26.2 Å². The molecular weight excluding hydrogens is 270 g/mol. The molecule has 5 heteroatoms. The minimum absolute atomic E-state index is 0.0873. The number of nitrogens with zero attached hydrogens (tertiary/aromatic N) is 1. The fourth-order valence-corrected chi connectivity index (χ4v) is 1.68. The predicted molar refractivity (Wildman–Crippen MR) is 68.2 cm³/mol. The largest absolute Gasteiger partial charge is 0.327 e. The van der Waals surface area contributed by atoms with Gasteiger partial charge < -0.3 is 11.1 Å². The fraction of sp³-hybridized carbons (Fsp3) is 0.455. The van der Waals surface area contributed by atoms with Gasteiger partial charge in [-0.1, -0.05) is 6.92 Å². The van der Waals surface area contributed by atoms with E-state index in [4.69, 9.17) is 5.73 Å². The van der Waals surface area contributed by atoms with Gasteiger partial charge in [0.15, 0.2) is 0 Å². The number of nitrogens with two attached hydrogens (primary N) is 1. The van der Waals surface area contributed by atoms with Gasteiger partial charge in [0.2, 0.25) is 5.91 Å². The van der Waals surface area contributed by atoms with Gasteiger partial charge in [0.25, 0.3) is 0 Å². The zero-order chi connectivity index (χ0) is 12.1. The normalized spacial score (nSPS) is 12.2. The summed E-state index contributed by atoms with van der Waals surface area (Å²) in [6.07, 6.45) is 2.77. The Hall–Kier alpha value is -0.940. The number of pyridine rings is 1. The summed E-state index contributed by atoms with van der Waals surface area (Å²) >= 11 is 3.32. The quantitative estimate of drug-likeness (QED) is 0.891. The molecule has 88 valence electrons. The summed E-state index contributed by atoms with van der Waals surface area (Å²) in [6, 6.07) is 1.82. The molecule has 0 aromatic carbocycles. The number of hydrogen-bond acceptors (Lipinski definition) is 3. The van der Waals surface area contributed by atoms with Crippen LogP contribution in [0.4, 0.5) is 5.82 Å². The first-order chi connectivity index (χ1) is 7.52. The van der Waals surface area contributed by atoms with Gasteiger partial charge in [-0.2, -0.15) is 0 Å². The van der Waals surface area contributed by atoms with Crippen LogP contribution in [-0.2, 0) is 4.79 Å². The Bertz CT molecular complexity index is 381. The van der Waals surface area contributed by atoms with Crippen LogP contribution >= 0.6 is 15.9 Å². The molecule has 1 unspecified atom stereocenters. The number of halogens is 1. The summed E-state index contributed by atoms with van der Waals surface area (Å²) < 4.78 is 0.897. The van der Waals surface area contributed by atoms with Gasteiger partial charge in [-0.15, -0.1) is 0 Å². The highest BCUT2D eigenvalue weighted by atomic mass is 79.9. The van der Waals surface area contributed by atoms with Gasteiger partial charge in [-0.05, 0) is 40.9 Å². The molecule has 0 radical (unpaired) electrons. The Morgan fingerprint density at radius 1 is 1.69 bits per heavy atom. The third kappa shape index (κ3) is 3.90. The van der Waals surface area contributed by atoms with Gasteiger partial charge in [-0.3, -0.25) is 4.79 Å². The lowest BCUT2D eigenvalue weighted by Crippen LogP contribution is -2.26. The standard InChI is InChI=1S/C11H16BrN3O/c1-3-9(13)5-10(16)15-11-7(2)4-8(12)6-14-11/h4,6,9H,3,5,13H2,1-2H3,(H,14,15,16). The number of carbonyl (C=O) groups excluding carboxylic acids is 1. The zero-order valence-electron chi connectivity index (χ0n) is 9.46. The Morgan fingerprint density at radius 3 is 2.94 bits per heavy atom. The van der Waals surface area contributed by atoms with E-state index in [9.17, 15) is 4.79 Å². The molecule has 0 aliphatic heterocycles. The van der Waals surface area contributed by atoms with Crippen molar-refractivity contribution < 1.29 is 4.79 Å². The minimum Gasteiger partial charge on any atom is -0.327 e. The third-order valence-corrected chi connectivity index (χ3v) is 2.71. The number of aryl methyl sites for hydroxylation is 1. The van der Waals surface area contributed by atoms with Gasteiger partial charge in [0, 0.05) is 23.1 Å². The second kappa shape index (κ2) is 5.96. The van der Waals surface area contributed by atoms with E-state index in [-0.39, 0.29) is 11.9 Å². The summed E-state index contributed by atoms with van der Waals surface area (Å²) in [5.41, 5.74) is 6.62. The van der Waals surface area contributed by atoms with Crippen molar-refractivity contribution in [2.45, 2.75) is 32.7 Å². The zero-order valence-corrected chi connectivity index (χ0v) is 11.0. The molecule has 1 aromatic rings. The molecule has 0 spiro atoms. The van der Waals surface area contributed by atoms with Crippen LogP contribution in [0.3, 0.4) is 0 Å². The number of carbonyl (C=O) groups is 1. The highest BCUT2D eigenvalue weighted by molar-refractivity contribution is 9.10. The van der Waals surface area contributed by atoms with Crippen molar-refractivity contribution >= 4 is 27.7 Å². The van der Waals surface area contributed by atoms with E-state index in [0.29, 0.717) is 12.2 Å². The van der Waals surface area contributed by atoms with E-state index in [1.807, 2.05) is 19.9 Å². The van der Waals surface area contributed by atoms with Crippen LogP contribution in [0.2, 0.25) is 0 Å². The van der Waals surface area contributed by atoms with Crippen molar-refractivity contribution in [3.05, 3.63) is 22.3 Å². The van der Waals surface area contributed by atoms with Gasteiger partial charge in [0.05, 0.1) is 0 Å². The monoisotopic (exact) mass is 285 g/mol. The average Bonchev–Trinajstić information content (AvgIpc) is 2.22. The number of amides is 1. The molecule has 0 saturated carbocycles. The Labute approximate surface area is 104 Å². The van der Waals surface area contributed by atoms with Crippen LogP contribution in [0.1, 0.15) is 25.3 Å². The van der Waals surface area contributed by atoms with Crippen molar-refractivity contribution in [1.82, 2.24) is 4.98 Å². The lowest BCUT2D eigenvalue weighted by molar-refractivity contribution is -0.116. The number of anilines is 1. The number of nitrogens with one attached hydrogen (secondary N) is 1. The molecule has 0 aliphatic rings. The highest BCUT2D eigenvalue weighted by Crippen LogP contribution is 2.16. The first-order valence-corrected chi connectivity index (χ1v) is 5.99. The van der Waals surface area contributed by atoms with Crippen molar-refractivity contribution in [2.24, 2.45) is 5.73 Å². The molecule has 0 aliphatic carbocycles. The summed E-state index contributed by atoms with van der Waals surface area (Å²) in [7, 11) is 0. The first-order valence-electron chi connectivity index (χ1n) is 5.20. The van der Waals surface area contributed by atoms with E-state index in [1.54, 1.807) is 6.20 Å². The maximum absolute atomic E-state index is 11.6. The summed E-state index contributed by atoms with van der Waals surface area (Å²) in [4.78, 5) is 15.7. The molecule has 1 aromatic heterocycles. The molecule has 16 heavy (non-hydrogen) atoms. The molecule has 1 rings (SSSR count). The Kier molecular flexibility index (Phi) is 4.89.